The van der Waals surface area contributed by atoms with E-state index in [0.717, 1.165) is 4.47 Å². The van der Waals surface area contributed by atoms with E-state index in [1.165, 1.54) is 53.1 Å². The highest BCUT2D eigenvalue weighted by Crippen LogP contribution is 2.38. The Morgan fingerprint density at radius 1 is 0.643 bits per heavy atom. The van der Waals surface area contributed by atoms with Crippen LogP contribution in [-0.2, 0) is 7.05 Å². The Balaban J connectivity index is 1.62. The van der Waals surface area contributed by atoms with Crippen molar-refractivity contribution in [2.75, 3.05) is 0 Å². The second kappa shape index (κ2) is 5.94. The molecular weight excluding hydrogens is 426 g/mol. The number of hydrogen-bond acceptors (Lipinski definition) is 1. The molecule has 0 spiro atoms. The fourth-order valence-electron chi connectivity index (χ4n) is 4.28. The topological polar surface area (TPSA) is 4.93 Å². The summed E-state index contributed by atoms with van der Waals surface area (Å²) in [5.74, 6) is 0. The molecule has 2 heterocycles. The predicted molar refractivity (Wildman–Crippen MR) is 126 cm³/mol. The van der Waals surface area contributed by atoms with E-state index in [-0.39, 0.29) is 0 Å². The summed E-state index contributed by atoms with van der Waals surface area (Å²) in [4.78, 5) is 0. The Labute approximate surface area is 175 Å². The maximum absolute atomic E-state index is 3.63. The SMILES string of the molecule is Cn1c2ccc(Br)cc2c2cc(-c3ccc4sc5ccccc5c4c3)ccc21. The molecule has 0 atom stereocenters. The molecule has 134 valence electrons. The van der Waals surface area contributed by atoms with Crippen LogP contribution < -0.4 is 0 Å². The summed E-state index contributed by atoms with van der Waals surface area (Å²) in [6.45, 7) is 0. The van der Waals surface area contributed by atoms with Gasteiger partial charge in [-0.1, -0.05) is 46.3 Å². The van der Waals surface area contributed by atoms with Crippen molar-refractivity contribution >= 4 is 69.2 Å². The first kappa shape index (κ1) is 16.3. The Morgan fingerprint density at radius 2 is 1.29 bits per heavy atom. The van der Waals surface area contributed by atoms with Crippen molar-refractivity contribution in [2.24, 2.45) is 7.05 Å². The molecule has 0 aliphatic rings. The van der Waals surface area contributed by atoms with Gasteiger partial charge in [-0.25, -0.2) is 0 Å². The fourth-order valence-corrected chi connectivity index (χ4v) is 5.72. The minimum absolute atomic E-state index is 1.11. The molecule has 0 fully saturated rings. The van der Waals surface area contributed by atoms with Gasteiger partial charge in [-0.15, -0.1) is 11.3 Å². The normalized spacial score (nSPS) is 11.9. The van der Waals surface area contributed by atoms with Crippen LogP contribution in [0, 0.1) is 0 Å². The molecule has 0 saturated carbocycles. The van der Waals surface area contributed by atoms with Crippen LogP contribution >= 0.6 is 27.3 Å². The van der Waals surface area contributed by atoms with Gasteiger partial charge in [0, 0.05) is 53.5 Å². The van der Waals surface area contributed by atoms with Crippen molar-refractivity contribution in [2.45, 2.75) is 0 Å². The molecule has 6 rings (SSSR count). The third-order valence-electron chi connectivity index (χ3n) is 5.68. The minimum Gasteiger partial charge on any atom is -0.344 e. The molecule has 6 aromatic rings. The zero-order valence-corrected chi connectivity index (χ0v) is 17.6. The van der Waals surface area contributed by atoms with E-state index < -0.39 is 0 Å². The van der Waals surface area contributed by atoms with Gasteiger partial charge in [0.05, 0.1) is 0 Å². The first-order valence-corrected chi connectivity index (χ1v) is 10.9. The monoisotopic (exact) mass is 441 g/mol. The Kier molecular flexibility index (Phi) is 3.47. The fraction of sp³-hybridized carbons (Fsp3) is 0.0400. The van der Waals surface area contributed by atoms with E-state index in [1.54, 1.807) is 0 Å². The summed E-state index contributed by atoms with van der Waals surface area (Å²) in [5.41, 5.74) is 5.05. The maximum Gasteiger partial charge on any atom is 0.0489 e. The minimum atomic E-state index is 1.11. The first-order chi connectivity index (χ1) is 13.7. The van der Waals surface area contributed by atoms with Gasteiger partial charge in [0.2, 0.25) is 0 Å². The Hall–Kier alpha value is -2.62. The summed E-state index contributed by atoms with van der Waals surface area (Å²) in [6, 6.07) is 28.9. The van der Waals surface area contributed by atoms with Crippen molar-refractivity contribution in [3.8, 4) is 11.1 Å². The van der Waals surface area contributed by atoms with Crippen molar-refractivity contribution in [3.63, 3.8) is 0 Å². The number of aromatic nitrogens is 1. The maximum atomic E-state index is 3.63. The highest BCUT2D eigenvalue weighted by Gasteiger charge is 2.11. The number of benzene rings is 4. The van der Waals surface area contributed by atoms with Crippen LogP contribution in [0.15, 0.2) is 83.3 Å². The van der Waals surface area contributed by atoms with Gasteiger partial charge >= 0.3 is 0 Å². The van der Waals surface area contributed by atoms with Gasteiger partial charge in [0.15, 0.2) is 0 Å². The average Bonchev–Trinajstić information content (AvgIpc) is 3.23. The van der Waals surface area contributed by atoms with Gasteiger partial charge in [0.25, 0.3) is 0 Å². The number of nitrogens with zero attached hydrogens (tertiary/aromatic N) is 1. The average molecular weight is 442 g/mol. The number of aryl methyl sites for hydroxylation is 1. The van der Waals surface area contributed by atoms with E-state index >= 15 is 0 Å². The van der Waals surface area contributed by atoms with E-state index in [4.69, 9.17) is 0 Å². The van der Waals surface area contributed by atoms with E-state index in [9.17, 15) is 0 Å². The molecule has 4 aromatic carbocycles. The summed E-state index contributed by atoms with van der Waals surface area (Å²) in [7, 11) is 2.14. The molecule has 0 radical (unpaired) electrons. The van der Waals surface area contributed by atoms with Crippen LogP contribution in [0.4, 0.5) is 0 Å². The van der Waals surface area contributed by atoms with Crippen LogP contribution in [0.3, 0.4) is 0 Å². The molecule has 0 aliphatic heterocycles. The molecule has 0 N–H and O–H groups in total. The lowest BCUT2D eigenvalue weighted by atomic mass is 10.0. The number of fused-ring (bicyclic) bond motifs is 6. The molecule has 0 bridgehead atoms. The van der Waals surface area contributed by atoms with Crippen LogP contribution in [-0.4, -0.2) is 4.57 Å². The predicted octanol–water partition coefficient (Wildman–Crippen LogP) is 8.13. The number of halogens is 1. The van der Waals surface area contributed by atoms with Gasteiger partial charge in [-0.2, -0.15) is 0 Å². The van der Waals surface area contributed by atoms with Crippen LogP contribution in [0.5, 0.6) is 0 Å². The number of hydrogen-bond donors (Lipinski definition) is 0. The molecule has 3 heteroatoms. The molecular formula is C25H16BrNS. The summed E-state index contributed by atoms with van der Waals surface area (Å²) in [6.07, 6.45) is 0. The quantitative estimate of drug-likeness (QED) is 0.242. The lowest BCUT2D eigenvalue weighted by Crippen LogP contribution is -1.86. The lowest BCUT2D eigenvalue weighted by Gasteiger charge is -2.04. The van der Waals surface area contributed by atoms with Crippen LogP contribution in [0.2, 0.25) is 0 Å². The molecule has 0 unspecified atom stereocenters. The molecule has 1 nitrogen and oxygen atoms in total. The first-order valence-electron chi connectivity index (χ1n) is 9.28. The smallest absolute Gasteiger partial charge is 0.0489 e. The van der Waals surface area contributed by atoms with E-state index in [2.05, 4.69) is 106 Å². The van der Waals surface area contributed by atoms with Gasteiger partial charge in [-0.3, -0.25) is 0 Å². The van der Waals surface area contributed by atoms with Crippen LogP contribution in [0.25, 0.3) is 53.1 Å². The van der Waals surface area contributed by atoms with Crippen molar-refractivity contribution < 1.29 is 0 Å². The van der Waals surface area contributed by atoms with Crippen molar-refractivity contribution in [1.82, 2.24) is 4.57 Å². The summed E-state index contributed by atoms with van der Waals surface area (Å²) in [5, 5.41) is 5.28. The highest BCUT2D eigenvalue weighted by atomic mass is 79.9. The third-order valence-corrected chi connectivity index (χ3v) is 7.32. The zero-order valence-electron chi connectivity index (χ0n) is 15.2. The second-order valence-electron chi connectivity index (χ2n) is 7.26. The van der Waals surface area contributed by atoms with E-state index in [1.807, 2.05) is 11.3 Å². The van der Waals surface area contributed by atoms with Gasteiger partial charge < -0.3 is 4.57 Å². The standard InChI is InChI=1S/C25H16BrNS/c1-27-22-9-6-15(12-19(22)20-14-17(26)8-10-23(20)27)16-7-11-25-21(13-16)18-4-2-3-5-24(18)28-25/h2-14H,1H3. The van der Waals surface area contributed by atoms with Crippen molar-refractivity contribution in [1.29, 1.82) is 0 Å². The molecule has 28 heavy (non-hydrogen) atoms. The number of thiophene rings is 1. The third kappa shape index (κ3) is 2.30. The highest BCUT2D eigenvalue weighted by molar-refractivity contribution is 9.10. The lowest BCUT2D eigenvalue weighted by molar-refractivity contribution is 1.01. The molecule has 0 amide bonds. The van der Waals surface area contributed by atoms with E-state index in [0.29, 0.717) is 0 Å². The molecule has 0 aliphatic carbocycles. The summed E-state index contributed by atoms with van der Waals surface area (Å²) >= 11 is 5.49. The van der Waals surface area contributed by atoms with Gasteiger partial charge in [0.1, 0.15) is 0 Å². The van der Waals surface area contributed by atoms with Gasteiger partial charge in [-0.05, 0) is 59.7 Å². The largest absolute Gasteiger partial charge is 0.344 e. The summed E-state index contributed by atoms with van der Waals surface area (Å²) < 4.78 is 6.09. The van der Waals surface area contributed by atoms with Crippen LogP contribution in [0.1, 0.15) is 0 Å². The Morgan fingerprint density at radius 3 is 2.14 bits per heavy atom. The zero-order chi connectivity index (χ0) is 18.8. The van der Waals surface area contributed by atoms with Crippen molar-refractivity contribution in [3.05, 3.63) is 83.3 Å². The molecule has 0 saturated heterocycles. The molecule has 2 aromatic heterocycles. The number of rotatable bonds is 1. The second-order valence-corrected chi connectivity index (χ2v) is 9.26. The Bertz CT molecular complexity index is 1540.